The minimum atomic E-state index is -0.680. The maximum Gasteiger partial charge on any atom is 0.513 e. The second-order valence-electron chi connectivity index (χ2n) is 6.08. The first kappa shape index (κ1) is 20.5. The second kappa shape index (κ2) is 11.7. The van der Waals surface area contributed by atoms with Crippen molar-refractivity contribution in [1.29, 1.82) is 0 Å². The minimum absolute atomic E-state index is 0.375. The number of carbonyl (C=O) groups excluding carboxylic acids is 1. The van der Waals surface area contributed by atoms with Crippen molar-refractivity contribution in [1.82, 2.24) is 0 Å². The van der Waals surface area contributed by atoms with Crippen LogP contribution in [0.5, 0.6) is 11.5 Å². The number of ether oxygens (including phenoxy) is 3. The van der Waals surface area contributed by atoms with Crippen LogP contribution in [-0.4, -0.2) is 25.6 Å². The number of rotatable bonds is 10. The molecule has 2 aromatic rings. The van der Waals surface area contributed by atoms with E-state index < -0.39 is 6.16 Å². The average molecular weight is 369 g/mol. The van der Waals surface area contributed by atoms with Gasteiger partial charge in [0.25, 0.3) is 0 Å². The highest BCUT2D eigenvalue weighted by atomic mass is 16.7. The van der Waals surface area contributed by atoms with Crippen LogP contribution in [-0.2, 0) is 4.74 Å². The quantitative estimate of drug-likeness (QED) is 0.225. The summed E-state index contributed by atoms with van der Waals surface area (Å²) in [6, 6.07) is 14.8. The third kappa shape index (κ3) is 7.94. The molecule has 144 valence electrons. The zero-order valence-corrected chi connectivity index (χ0v) is 16.0. The summed E-state index contributed by atoms with van der Waals surface area (Å²) >= 11 is 0. The van der Waals surface area contributed by atoms with Gasteiger partial charge in [0.1, 0.15) is 11.5 Å². The fraction of sp³-hybridized carbons (Fsp3) is 0.364. The molecule has 0 heterocycles. The van der Waals surface area contributed by atoms with Crippen LogP contribution in [0.15, 0.2) is 53.5 Å². The molecule has 5 nitrogen and oxygen atoms in total. The molecule has 0 amide bonds. The van der Waals surface area contributed by atoms with Crippen LogP contribution >= 0.6 is 0 Å². The van der Waals surface area contributed by atoms with E-state index in [2.05, 4.69) is 11.9 Å². The van der Waals surface area contributed by atoms with Gasteiger partial charge in [-0.2, -0.15) is 0 Å². The van der Waals surface area contributed by atoms with Gasteiger partial charge in [-0.1, -0.05) is 26.7 Å². The van der Waals surface area contributed by atoms with Gasteiger partial charge >= 0.3 is 6.16 Å². The predicted molar refractivity (Wildman–Crippen MR) is 107 cm³/mol. The zero-order valence-electron chi connectivity index (χ0n) is 16.0. The third-order valence-corrected chi connectivity index (χ3v) is 3.77. The Morgan fingerprint density at radius 2 is 1.52 bits per heavy atom. The highest BCUT2D eigenvalue weighted by molar-refractivity contribution is 5.82. The zero-order chi connectivity index (χ0) is 19.3. The topological polar surface area (TPSA) is 57.1 Å². The molecule has 0 unspecified atom stereocenters. The first-order chi connectivity index (χ1) is 13.2. The lowest BCUT2D eigenvalue weighted by Gasteiger charge is -2.05. The Bertz CT molecular complexity index is 708. The molecule has 0 saturated carbocycles. The number of benzene rings is 2. The Morgan fingerprint density at radius 3 is 2.19 bits per heavy atom. The van der Waals surface area contributed by atoms with Crippen molar-refractivity contribution in [2.24, 2.45) is 4.99 Å². The molecular formula is C22H27NO4. The van der Waals surface area contributed by atoms with Crippen LogP contribution in [0.4, 0.5) is 10.5 Å². The first-order valence-corrected chi connectivity index (χ1v) is 9.43. The summed E-state index contributed by atoms with van der Waals surface area (Å²) in [5.74, 6) is 1.30. The van der Waals surface area contributed by atoms with Crippen molar-refractivity contribution in [2.75, 3.05) is 13.2 Å². The van der Waals surface area contributed by atoms with Crippen LogP contribution < -0.4 is 9.47 Å². The number of unbranched alkanes of at least 4 members (excludes halogenated alkanes) is 2. The maximum absolute atomic E-state index is 11.5. The predicted octanol–water partition coefficient (Wildman–Crippen LogP) is 5.93. The summed E-state index contributed by atoms with van der Waals surface area (Å²) in [4.78, 5) is 15.9. The molecule has 27 heavy (non-hydrogen) atoms. The summed E-state index contributed by atoms with van der Waals surface area (Å²) in [5, 5.41) is 0. The van der Waals surface area contributed by atoms with E-state index in [1.807, 2.05) is 31.2 Å². The summed E-state index contributed by atoms with van der Waals surface area (Å²) in [6.07, 6.45) is 5.07. The van der Waals surface area contributed by atoms with Gasteiger partial charge in [0.2, 0.25) is 0 Å². The van der Waals surface area contributed by atoms with Crippen molar-refractivity contribution in [2.45, 2.75) is 39.5 Å². The lowest BCUT2D eigenvalue weighted by molar-refractivity contribution is 0.0978. The largest absolute Gasteiger partial charge is 0.513 e. The smallest absolute Gasteiger partial charge is 0.494 e. The Hall–Kier alpha value is -2.82. The average Bonchev–Trinajstić information content (AvgIpc) is 2.69. The van der Waals surface area contributed by atoms with Gasteiger partial charge in [-0.3, -0.25) is 4.99 Å². The second-order valence-corrected chi connectivity index (χ2v) is 6.08. The van der Waals surface area contributed by atoms with E-state index in [0.29, 0.717) is 12.4 Å². The molecule has 5 heteroatoms. The van der Waals surface area contributed by atoms with Gasteiger partial charge in [-0.25, -0.2) is 4.79 Å². The molecule has 0 saturated heterocycles. The Kier molecular flexibility index (Phi) is 8.90. The lowest BCUT2D eigenvalue weighted by Crippen LogP contribution is -2.11. The van der Waals surface area contributed by atoms with Crippen LogP contribution in [0.3, 0.4) is 0 Å². The third-order valence-electron chi connectivity index (χ3n) is 3.77. The molecule has 0 radical (unpaired) electrons. The minimum Gasteiger partial charge on any atom is -0.494 e. The highest BCUT2D eigenvalue weighted by Crippen LogP contribution is 2.19. The number of hydrogen-bond donors (Lipinski definition) is 0. The van der Waals surface area contributed by atoms with Crippen molar-refractivity contribution in [3.8, 4) is 11.5 Å². The van der Waals surface area contributed by atoms with E-state index in [9.17, 15) is 4.79 Å². The molecule has 2 rings (SSSR count). The van der Waals surface area contributed by atoms with Gasteiger partial charge in [0.05, 0.1) is 18.9 Å². The van der Waals surface area contributed by atoms with Gasteiger partial charge in [-0.15, -0.1) is 0 Å². The van der Waals surface area contributed by atoms with E-state index in [1.165, 1.54) is 0 Å². The number of nitrogens with zero attached hydrogens (tertiary/aromatic N) is 1. The molecule has 0 aliphatic heterocycles. The molecule has 0 spiro atoms. The Balaban J connectivity index is 1.83. The summed E-state index contributed by atoms with van der Waals surface area (Å²) in [7, 11) is 0. The normalized spacial score (nSPS) is 10.7. The van der Waals surface area contributed by atoms with Gasteiger partial charge in [0.15, 0.2) is 0 Å². The maximum atomic E-state index is 11.5. The first-order valence-electron chi connectivity index (χ1n) is 9.43. The molecule has 0 fully saturated rings. The van der Waals surface area contributed by atoms with Crippen molar-refractivity contribution in [3.05, 3.63) is 54.1 Å². The highest BCUT2D eigenvalue weighted by Gasteiger charge is 2.05. The lowest BCUT2D eigenvalue weighted by atomic mass is 10.2. The molecule has 0 atom stereocenters. The molecular weight excluding hydrogens is 342 g/mol. The Morgan fingerprint density at radius 1 is 0.889 bits per heavy atom. The number of aliphatic imine (C=N–C) groups is 1. The van der Waals surface area contributed by atoms with E-state index in [-0.39, 0.29) is 0 Å². The monoisotopic (exact) mass is 369 g/mol. The fourth-order valence-electron chi connectivity index (χ4n) is 2.16. The van der Waals surface area contributed by atoms with E-state index in [4.69, 9.17) is 14.2 Å². The van der Waals surface area contributed by atoms with Crippen molar-refractivity contribution in [3.63, 3.8) is 0 Å². The molecule has 0 N–H and O–H groups in total. The van der Waals surface area contributed by atoms with Gasteiger partial charge < -0.3 is 14.2 Å². The van der Waals surface area contributed by atoms with Crippen LogP contribution in [0.2, 0.25) is 0 Å². The van der Waals surface area contributed by atoms with Crippen LogP contribution in [0.25, 0.3) is 0 Å². The number of hydrogen-bond acceptors (Lipinski definition) is 5. The molecule has 2 aromatic carbocycles. The Labute approximate surface area is 161 Å². The summed E-state index contributed by atoms with van der Waals surface area (Å²) < 4.78 is 15.7. The van der Waals surface area contributed by atoms with Crippen LogP contribution in [0, 0.1) is 0 Å². The fourth-order valence-corrected chi connectivity index (χ4v) is 2.16. The van der Waals surface area contributed by atoms with E-state index >= 15 is 0 Å². The summed E-state index contributed by atoms with van der Waals surface area (Å²) in [6.45, 7) is 5.29. The van der Waals surface area contributed by atoms with Crippen LogP contribution in [0.1, 0.15) is 45.1 Å². The summed E-state index contributed by atoms with van der Waals surface area (Å²) in [5.41, 5.74) is 1.75. The molecule has 0 aromatic heterocycles. The van der Waals surface area contributed by atoms with E-state index in [1.54, 1.807) is 30.5 Å². The van der Waals surface area contributed by atoms with E-state index in [0.717, 1.165) is 49.3 Å². The van der Waals surface area contributed by atoms with Crippen molar-refractivity contribution < 1.29 is 19.0 Å². The number of carbonyl (C=O) groups is 1. The SMILES string of the molecule is CCCCOC(=O)Oc1ccc(N=Cc2ccc(OCCCC)cc2)cc1. The molecule has 0 bridgehead atoms. The standard InChI is InChI=1S/C22H27NO4/c1-3-5-15-25-20-11-7-18(8-12-20)17-23-19-9-13-21(14-10-19)27-22(24)26-16-6-4-2/h7-14,17H,3-6,15-16H2,1-2H3. The van der Waals surface area contributed by atoms with Crippen molar-refractivity contribution >= 4 is 18.1 Å². The van der Waals surface area contributed by atoms with Gasteiger partial charge in [-0.05, 0) is 66.9 Å². The molecule has 0 aliphatic carbocycles. The van der Waals surface area contributed by atoms with Gasteiger partial charge in [0, 0.05) is 6.21 Å². The molecule has 0 aliphatic rings.